The lowest BCUT2D eigenvalue weighted by Crippen LogP contribution is -2.22. The molecule has 19 heavy (non-hydrogen) atoms. The molecule has 6 heteroatoms. The first-order valence-electron chi connectivity index (χ1n) is 5.86. The van der Waals surface area contributed by atoms with E-state index in [-0.39, 0.29) is 5.91 Å². The molecule has 0 unspecified atom stereocenters. The molecule has 0 aliphatic carbocycles. The molecule has 0 saturated heterocycles. The van der Waals surface area contributed by atoms with Crippen LogP contribution in [0.2, 0.25) is 0 Å². The maximum Gasteiger partial charge on any atom is 0.251 e. The standard InChI is InChI=1S/C13H14BrN3OS/c1-2-11-6-16-12(19-11)7-17-13(18)8-3-9(14)5-10(15)4-8/h3-6H,2,7,15H2,1H3,(H,17,18). The number of hydrogen-bond acceptors (Lipinski definition) is 4. The Kier molecular flexibility index (Phi) is 4.55. The first-order valence-corrected chi connectivity index (χ1v) is 7.47. The maximum atomic E-state index is 12.0. The lowest BCUT2D eigenvalue weighted by molar-refractivity contribution is 0.0951. The summed E-state index contributed by atoms with van der Waals surface area (Å²) in [6, 6.07) is 5.15. The molecular weight excluding hydrogens is 326 g/mol. The van der Waals surface area contributed by atoms with Crippen LogP contribution in [0.5, 0.6) is 0 Å². The quantitative estimate of drug-likeness (QED) is 0.841. The molecule has 0 aliphatic heterocycles. The molecule has 0 fully saturated rings. The van der Waals surface area contributed by atoms with E-state index in [1.807, 2.05) is 6.20 Å². The van der Waals surface area contributed by atoms with Crippen molar-refractivity contribution in [3.05, 3.63) is 44.3 Å². The minimum atomic E-state index is -0.152. The van der Waals surface area contributed by atoms with Crippen molar-refractivity contribution in [2.24, 2.45) is 0 Å². The SMILES string of the molecule is CCc1cnc(CNC(=O)c2cc(N)cc(Br)c2)s1. The lowest BCUT2D eigenvalue weighted by atomic mass is 10.2. The smallest absolute Gasteiger partial charge is 0.251 e. The molecular formula is C13H14BrN3OS. The number of halogens is 1. The van der Waals surface area contributed by atoms with Crippen molar-refractivity contribution in [2.45, 2.75) is 19.9 Å². The number of carbonyl (C=O) groups is 1. The molecule has 0 saturated carbocycles. The molecule has 4 nitrogen and oxygen atoms in total. The van der Waals surface area contributed by atoms with Gasteiger partial charge in [-0.05, 0) is 24.6 Å². The highest BCUT2D eigenvalue weighted by atomic mass is 79.9. The largest absolute Gasteiger partial charge is 0.399 e. The van der Waals surface area contributed by atoms with E-state index in [2.05, 4.69) is 33.2 Å². The molecule has 2 rings (SSSR count). The van der Waals surface area contributed by atoms with Crippen molar-refractivity contribution in [3.8, 4) is 0 Å². The van der Waals surface area contributed by atoms with E-state index in [0.29, 0.717) is 17.8 Å². The Labute approximate surface area is 124 Å². The summed E-state index contributed by atoms with van der Waals surface area (Å²) in [5.74, 6) is -0.152. The fourth-order valence-corrected chi connectivity index (χ4v) is 2.91. The highest BCUT2D eigenvalue weighted by Crippen LogP contribution is 2.18. The van der Waals surface area contributed by atoms with Gasteiger partial charge in [0.2, 0.25) is 0 Å². The summed E-state index contributed by atoms with van der Waals surface area (Å²) in [5, 5.41) is 3.75. The van der Waals surface area contributed by atoms with Gasteiger partial charge in [-0.1, -0.05) is 22.9 Å². The number of nitrogens with zero attached hydrogens (tertiary/aromatic N) is 1. The first-order chi connectivity index (χ1) is 9.08. The van der Waals surface area contributed by atoms with E-state index in [1.165, 1.54) is 4.88 Å². The van der Waals surface area contributed by atoms with Crippen LogP contribution in [0.15, 0.2) is 28.9 Å². The van der Waals surface area contributed by atoms with Crippen LogP contribution in [0.25, 0.3) is 0 Å². The molecule has 1 amide bonds. The van der Waals surface area contributed by atoms with Crippen LogP contribution in [0.3, 0.4) is 0 Å². The molecule has 0 aliphatic rings. The fourth-order valence-electron chi connectivity index (χ4n) is 1.59. The average molecular weight is 340 g/mol. The summed E-state index contributed by atoms with van der Waals surface area (Å²) >= 11 is 4.94. The predicted octanol–water partition coefficient (Wildman–Crippen LogP) is 2.98. The van der Waals surface area contributed by atoms with Gasteiger partial charge in [0.1, 0.15) is 5.01 Å². The Morgan fingerprint density at radius 2 is 2.26 bits per heavy atom. The summed E-state index contributed by atoms with van der Waals surface area (Å²) in [6.45, 7) is 2.52. The van der Waals surface area contributed by atoms with Crippen molar-refractivity contribution in [2.75, 3.05) is 5.73 Å². The van der Waals surface area contributed by atoms with Gasteiger partial charge in [-0.2, -0.15) is 0 Å². The zero-order valence-electron chi connectivity index (χ0n) is 10.4. The summed E-state index contributed by atoms with van der Waals surface area (Å²) in [5.41, 5.74) is 6.80. The fraction of sp³-hybridized carbons (Fsp3) is 0.231. The van der Waals surface area contributed by atoms with Gasteiger partial charge in [-0.25, -0.2) is 4.98 Å². The van der Waals surface area contributed by atoms with Crippen LogP contribution >= 0.6 is 27.3 Å². The zero-order valence-corrected chi connectivity index (χ0v) is 12.8. The van der Waals surface area contributed by atoms with Gasteiger partial charge < -0.3 is 11.1 Å². The molecule has 100 valence electrons. The first kappa shape index (κ1) is 14.0. The molecule has 2 aromatic rings. The van der Waals surface area contributed by atoms with E-state index in [9.17, 15) is 4.79 Å². The van der Waals surface area contributed by atoms with Gasteiger partial charge in [-0.3, -0.25) is 4.79 Å². The number of nitrogen functional groups attached to an aromatic ring is 1. The lowest BCUT2D eigenvalue weighted by Gasteiger charge is -2.05. The zero-order chi connectivity index (χ0) is 13.8. The molecule has 0 atom stereocenters. The van der Waals surface area contributed by atoms with Gasteiger partial charge in [0.15, 0.2) is 0 Å². The van der Waals surface area contributed by atoms with Gasteiger partial charge in [0, 0.05) is 26.8 Å². The molecule has 1 aromatic heterocycles. The van der Waals surface area contributed by atoms with Crippen molar-refractivity contribution < 1.29 is 4.79 Å². The van der Waals surface area contributed by atoms with Crippen molar-refractivity contribution in [1.82, 2.24) is 10.3 Å². The van der Waals surface area contributed by atoms with Gasteiger partial charge in [0.25, 0.3) is 5.91 Å². The Balaban J connectivity index is 2.00. The van der Waals surface area contributed by atoms with Gasteiger partial charge in [-0.15, -0.1) is 11.3 Å². The normalized spacial score (nSPS) is 10.4. The number of benzene rings is 1. The number of thiazole rings is 1. The third-order valence-electron chi connectivity index (χ3n) is 2.53. The molecule has 3 N–H and O–H groups in total. The predicted molar refractivity (Wildman–Crippen MR) is 81.2 cm³/mol. The van der Waals surface area contributed by atoms with Crippen LogP contribution < -0.4 is 11.1 Å². The Hall–Kier alpha value is -1.40. The number of rotatable bonds is 4. The highest BCUT2D eigenvalue weighted by Gasteiger charge is 2.08. The van der Waals surface area contributed by atoms with E-state index in [4.69, 9.17) is 5.73 Å². The third-order valence-corrected chi connectivity index (χ3v) is 4.13. The van der Waals surface area contributed by atoms with Crippen LogP contribution in [0.1, 0.15) is 27.2 Å². The number of aromatic nitrogens is 1. The number of anilines is 1. The molecule has 0 spiro atoms. The molecule has 0 bridgehead atoms. The second kappa shape index (κ2) is 6.16. The number of hydrogen-bond donors (Lipinski definition) is 2. The number of nitrogens with one attached hydrogen (secondary N) is 1. The van der Waals surface area contributed by atoms with Crippen LogP contribution in [-0.2, 0) is 13.0 Å². The summed E-state index contributed by atoms with van der Waals surface area (Å²) in [7, 11) is 0. The third kappa shape index (κ3) is 3.78. The molecule has 1 heterocycles. The van der Waals surface area contributed by atoms with Gasteiger partial charge in [0.05, 0.1) is 6.54 Å². The number of nitrogens with two attached hydrogens (primary N) is 1. The number of carbonyl (C=O) groups excluding carboxylic acids is 1. The van der Waals surface area contributed by atoms with Crippen molar-refractivity contribution in [3.63, 3.8) is 0 Å². The number of amides is 1. The topological polar surface area (TPSA) is 68.0 Å². The van der Waals surface area contributed by atoms with Crippen LogP contribution in [-0.4, -0.2) is 10.9 Å². The minimum absolute atomic E-state index is 0.152. The monoisotopic (exact) mass is 339 g/mol. The van der Waals surface area contributed by atoms with E-state index in [0.717, 1.165) is 15.9 Å². The maximum absolute atomic E-state index is 12.0. The summed E-state index contributed by atoms with van der Waals surface area (Å²) in [6.07, 6.45) is 2.82. The average Bonchev–Trinajstić information content (AvgIpc) is 2.82. The number of aryl methyl sites for hydroxylation is 1. The van der Waals surface area contributed by atoms with Gasteiger partial charge >= 0.3 is 0 Å². The van der Waals surface area contributed by atoms with E-state index in [1.54, 1.807) is 29.5 Å². The Morgan fingerprint density at radius 3 is 2.89 bits per heavy atom. The molecule has 1 aromatic carbocycles. The minimum Gasteiger partial charge on any atom is -0.399 e. The summed E-state index contributed by atoms with van der Waals surface area (Å²) < 4.78 is 0.792. The second-order valence-corrected chi connectivity index (χ2v) is 6.15. The van der Waals surface area contributed by atoms with E-state index >= 15 is 0 Å². The molecule has 0 radical (unpaired) electrons. The Bertz CT molecular complexity index is 577. The van der Waals surface area contributed by atoms with E-state index < -0.39 is 0 Å². The van der Waals surface area contributed by atoms with Crippen LogP contribution in [0, 0.1) is 0 Å². The second-order valence-electron chi connectivity index (χ2n) is 4.03. The summed E-state index contributed by atoms with van der Waals surface area (Å²) in [4.78, 5) is 17.5. The van der Waals surface area contributed by atoms with Crippen molar-refractivity contribution >= 4 is 38.9 Å². The van der Waals surface area contributed by atoms with Crippen molar-refractivity contribution in [1.29, 1.82) is 0 Å². The highest BCUT2D eigenvalue weighted by molar-refractivity contribution is 9.10. The Morgan fingerprint density at radius 1 is 1.47 bits per heavy atom. The van der Waals surface area contributed by atoms with Crippen LogP contribution in [0.4, 0.5) is 5.69 Å².